The maximum Gasteiger partial charge on any atom is 0.231 e. The molecule has 1 aromatic rings. The van der Waals surface area contributed by atoms with Crippen LogP contribution in [-0.4, -0.2) is 19.0 Å². The summed E-state index contributed by atoms with van der Waals surface area (Å²) in [7, 11) is 0. The fourth-order valence-electron chi connectivity index (χ4n) is 2.44. The van der Waals surface area contributed by atoms with Crippen molar-refractivity contribution in [1.82, 2.24) is 5.32 Å². The fraction of sp³-hybridized carbons (Fsp3) is 0.462. The zero-order valence-electron chi connectivity index (χ0n) is 9.41. The second-order valence-electron chi connectivity index (χ2n) is 4.39. The lowest BCUT2D eigenvalue weighted by Gasteiger charge is -2.25. The van der Waals surface area contributed by atoms with Gasteiger partial charge in [0.1, 0.15) is 0 Å². The smallest absolute Gasteiger partial charge is 0.231 e. The second kappa shape index (κ2) is 5.12. The summed E-state index contributed by atoms with van der Waals surface area (Å²) in [5.41, 5.74) is 8.00. The van der Waals surface area contributed by atoms with E-state index in [9.17, 15) is 4.79 Å². The van der Waals surface area contributed by atoms with Crippen molar-refractivity contribution in [3.05, 3.63) is 35.4 Å². The third-order valence-corrected chi connectivity index (χ3v) is 3.18. The van der Waals surface area contributed by atoms with Gasteiger partial charge in [0.2, 0.25) is 5.91 Å². The average molecular weight is 218 g/mol. The first-order valence-corrected chi connectivity index (χ1v) is 5.84. The van der Waals surface area contributed by atoms with Crippen molar-refractivity contribution in [2.75, 3.05) is 13.1 Å². The molecule has 0 fully saturated rings. The van der Waals surface area contributed by atoms with E-state index in [1.165, 1.54) is 30.4 Å². The Kier molecular flexibility index (Phi) is 3.57. The Morgan fingerprint density at radius 2 is 2.25 bits per heavy atom. The molecule has 1 unspecified atom stereocenters. The van der Waals surface area contributed by atoms with Gasteiger partial charge in [0.15, 0.2) is 0 Å². The number of benzene rings is 1. The third-order valence-electron chi connectivity index (χ3n) is 3.18. The summed E-state index contributed by atoms with van der Waals surface area (Å²) in [5, 5.41) is 3.12. The van der Waals surface area contributed by atoms with Crippen LogP contribution >= 0.6 is 0 Å². The SMILES string of the molecule is NC(=O)CNCC1CCCc2ccccc21. The number of rotatable bonds is 4. The van der Waals surface area contributed by atoms with Gasteiger partial charge in [-0.25, -0.2) is 0 Å². The highest BCUT2D eigenvalue weighted by Gasteiger charge is 2.19. The van der Waals surface area contributed by atoms with E-state index in [-0.39, 0.29) is 12.5 Å². The standard InChI is InChI=1S/C13H18N2O/c14-13(16)9-15-8-11-6-3-5-10-4-1-2-7-12(10)11/h1-2,4,7,11,15H,3,5-6,8-9H2,(H2,14,16). The summed E-state index contributed by atoms with van der Waals surface area (Å²) in [6, 6.07) is 8.59. The number of amides is 1. The highest BCUT2D eigenvalue weighted by Crippen LogP contribution is 2.30. The van der Waals surface area contributed by atoms with Crippen LogP contribution in [0, 0.1) is 0 Å². The minimum atomic E-state index is -0.288. The van der Waals surface area contributed by atoms with Crippen LogP contribution in [0.1, 0.15) is 29.9 Å². The number of primary amides is 1. The number of nitrogens with two attached hydrogens (primary N) is 1. The van der Waals surface area contributed by atoms with Gasteiger partial charge in [-0.2, -0.15) is 0 Å². The van der Waals surface area contributed by atoms with E-state index >= 15 is 0 Å². The van der Waals surface area contributed by atoms with Crippen molar-refractivity contribution in [2.24, 2.45) is 5.73 Å². The van der Waals surface area contributed by atoms with Crippen LogP contribution in [0.5, 0.6) is 0 Å². The number of hydrogen-bond acceptors (Lipinski definition) is 2. The lowest BCUT2D eigenvalue weighted by Crippen LogP contribution is -2.32. The van der Waals surface area contributed by atoms with E-state index < -0.39 is 0 Å². The molecule has 1 aliphatic carbocycles. The summed E-state index contributed by atoms with van der Waals surface area (Å²) in [6.45, 7) is 1.12. The molecule has 16 heavy (non-hydrogen) atoms. The minimum absolute atomic E-state index is 0.276. The molecule has 0 saturated carbocycles. The summed E-state index contributed by atoms with van der Waals surface area (Å²) in [4.78, 5) is 10.6. The number of hydrogen-bond donors (Lipinski definition) is 2. The highest BCUT2D eigenvalue weighted by atomic mass is 16.1. The predicted octanol–water partition coefficient (Wildman–Crippen LogP) is 1.18. The number of carbonyl (C=O) groups excluding carboxylic acids is 1. The van der Waals surface area contributed by atoms with Gasteiger partial charge in [0, 0.05) is 6.54 Å². The van der Waals surface area contributed by atoms with Crippen molar-refractivity contribution in [3.63, 3.8) is 0 Å². The van der Waals surface area contributed by atoms with Gasteiger partial charge in [-0.15, -0.1) is 0 Å². The number of nitrogens with one attached hydrogen (secondary N) is 1. The van der Waals surface area contributed by atoms with Crippen LogP contribution in [0.25, 0.3) is 0 Å². The molecule has 1 aromatic carbocycles. The van der Waals surface area contributed by atoms with E-state index in [0.29, 0.717) is 5.92 Å². The zero-order valence-corrected chi connectivity index (χ0v) is 9.41. The molecule has 1 atom stereocenters. The van der Waals surface area contributed by atoms with Crippen molar-refractivity contribution in [1.29, 1.82) is 0 Å². The maximum atomic E-state index is 10.6. The molecule has 1 amide bonds. The van der Waals surface area contributed by atoms with Crippen LogP contribution in [-0.2, 0) is 11.2 Å². The molecule has 3 nitrogen and oxygen atoms in total. The third kappa shape index (κ3) is 2.61. The Bertz CT molecular complexity index is 376. The Morgan fingerprint density at radius 1 is 1.44 bits per heavy atom. The van der Waals surface area contributed by atoms with Gasteiger partial charge in [-0.1, -0.05) is 24.3 Å². The number of aryl methyl sites for hydroxylation is 1. The van der Waals surface area contributed by atoms with E-state index in [1.54, 1.807) is 0 Å². The molecule has 1 aliphatic rings. The molecule has 3 heteroatoms. The Hall–Kier alpha value is -1.35. The molecule has 0 aromatic heterocycles. The first-order valence-electron chi connectivity index (χ1n) is 5.84. The fourth-order valence-corrected chi connectivity index (χ4v) is 2.44. The minimum Gasteiger partial charge on any atom is -0.369 e. The van der Waals surface area contributed by atoms with Gasteiger partial charge in [0.05, 0.1) is 6.54 Å². The first-order chi connectivity index (χ1) is 7.77. The molecule has 0 aliphatic heterocycles. The predicted molar refractivity (Wildman–Crippen MR) is 64.2 cm³/mol. The van der Waals surface area contributed by atoms with Crippen molar-refractivity contribution < 1.29 is 4.79 Å². The molecule has 3 N–H and O–H groups in total. The highest BCUT2D eigenvalue weighted by molar-refractivity contribution is 5.75. The first kappa shape index (κ1) is 11.1. The quantitative estimate of drug-likeness (QED) is 0.797. The molecule has 0 bridgehead atoms. The Labute approximate surface area is 96.0 Å². The number of carbonyl (C=O) groups is 1. The second-order valence-corrected chi connectivity index (χ2v) is 4.39. The van der Waals surface area contributed by atoms with E-state index in [1.807, 2.05) is 0 Å². The average Bonchev–Trinajstić information content (AvgIpc) is 2.29. The van der Waals surface area contributed by atoms with Crippen LogP contribution in [0.15, 0.2) is 24.3 Å². The van der Waals surface area contributed by atoms with Crippen LogP contribution < -0.4 is 11.1 Å². The van der Waals surface area contributed by atoms with Crippen LogP contribution in [0.2, 0.25) is 0 Å². The number of fused-ring (bicyclic) bond motifs is 1. The molecule has 0 radical (unpaired) electrons. The summed E-state index contributed by atoms with van der Waals surface area (Å²) < 4.78 is 0. The molecule has 2 rings (SSSR count). The van der Waals surface area contributed by atoms with Gasteiger partial charge in [0.25, 0.3) is 0 Å². The van der Waals surface area contributed by atoms with E-state index in [2.05, 4.69) is 29.6 Å². The van der Waals surface area contributed by atoms with E-state index in [4.69, 9.17) is 5.73 Å². The molecular weight excluding hydrogens is 200 g/mol. The summed E-state index contributed by atoms with van der Waals surface area (Å²) in [6.07, 6.45) is 3.62. The van der Waals surface area contributed by atoms with Gasteiger partial charge in [-0.3, -0.25) is 4.79 Å². The lowest BCUT2D eigenvalue weighted by molar-refractivity contribution is -0.117. The van der Waals surface area contributed by atoms with E-state index in [0.717, 1.165) is 6.54 Å². The molecule has 86 valence electrons. The molecule has 0 spiro atoms. The Morgan fingerprint density at radius 3 is 3.06 bits per heavy atom. The summed E-state index contributed by atoms with van der Waals surface area (Å²) in [5.74, 6) is 0.244. The summed E-state index contributed by atoms with van der Waals surface area (Å²) >= 11 is 0. The van der Waals surface area contributed by atoms with Gasteiger partial charge >= 0.3 is 0 Å². The van der Waals surface area contributed by atoms with Crippen molar-refractivity contribution in [2.45, 2.75) is 25.2 Å². The van der Waals surface area contributed by atoms with Crippen LogP contribution in [0.3, 0.4) is 0 Å². The molecule has 0 heterocycles. The molecule has 0 saturated heterocycles. The van der Waals surface area contributed by atoms with Crippen molar-refractivity contribution >= 4 is 5.91 Å². The Balaban J connectivity index is 1.99. The van der Waals surface area contributed by atoms with Crippen LogP contribution in [0.4, 0.5) is 0 Å². The topological polar surface area (TPSA) is 55.1 Å². The lowest BCUT2D eigenvalue weighted by atomic mass is 9.83. The van der Waals surface area contributed by atoms with Crippen molar-refractivity contribution in [3.8, 4) is 0 Å². The largest absolute Gasteiger partial charge is 0.369 e. The van der Waals surface area contributed by atoms with Gasteiger partial charge < -0.3 is 11.1 Å². The maximum absolute atomic E-state index is 10.6. The normalized spacial score (nSPS) is 19.1. The zero-order chi connectivity index (χ0) is 11.4. The molecular formula is C13H18N2O. The van der Waals surface area contributed by atoms with Gasteiger partial charge in [-0.05, 0) is 36.3 Å². The monoisotopic (exact) mass is 218 g/mol.